The summed E-state index contributed by atoms with van der Waals surface area (Å²) in [5.41, 5.74) is 7.94. The number of nitrogens with one attached hydrogen (secondary N) is 1. The van der Waals surface area contributed by atoms with Crippen molar-refractivity contribution in [3.8, 4) is 5.75 Å². The minimum absolute atomic E-state index is 0.146. The van der Waals surface area contributed by atoms with Crippen LogP contribution in [-0.2, 0) is 0 Å². The standard InChI is InChI=1S/C19H24ClN3O2/c20-15-12-14(17-13(16(15)21)4-1-11-25-17)18(24)22-8-7-19-5-2-9-23(19)10-3-6-19/h1,4,12H,2-3,5-11,21H2,(H,22,24). The number of nitrogens with two attached hydrogens (primary N) is 1. The van der Waals surface area contributed by atoms with E-state index >= 15 is 0 Å². The first-order valence-corrected chi connectivity index (χ1v) is 9.43. The lowest BCUT2D eigenvalue weighted by molar-refractivity contribution is 0.0939. The Labute approximate surface area is 153 Å². The van der Waals surface area contributed by atoms with Crippen LogP contribution in [0.1, 0.15) is 48.0 Å². The van der Waals surface area contributed by atoms with E-state index in [2.05, 4.69) is 10.2 Å². The van der Waals surface area contributed by atoms with Crippen LogP contribution in [0.4, 0.5) is 5.69 Å². The zero-order valence-electron chi connectivity index (χ0n) is 14.3. The molecule has 0 aliphatic carbocycles. The van der Waals surface area contributed by atoms with Crippen LogP contribution in [0.3, 0.4) is 0 Å². The van der Waals surface area contributed by atoms with Crippen molar-refractivity contribution in [2.75, 3.05) is 32.0 Å². The van der Waals surface area contributed by atoms with E-state index in [1.807, 2.05) is 12.2 Å². The number of carbonyl (C=O) groups is 1. The van der Waals surface area contributed by atoms with Gasteiger partial charge in [-0.3, -0.25) is 9.69 Å². The molecule has 0 bridgehead atoms. The van der Waals surface area contributed by atoms with E-state index in [1.54, 1.807) is 6.07 Å². The van der Waals surface area contributed by atoms with Crippen molar-refractivity contribution >= 4 is 29.3 Å². The van der Waals surface area contributed by atoms with Crippen LogP contribution >= 0.6 is 11.6 Å². The molecular weight excluding hydrogens is 338 g/mol. The number of amides is 1. The van der Waals surface area contributed by atoms with Crippen molar-refractivity contribution in [3.63, 3.8) is 0 Å². The second-order valence-electron chi connectivity index (χ2n) is 7.20. The molecule has 0 radical (unpaired) electrons. The summed E-state index contributed by atoms with van der Waals surface area (Å²) < 4.78 is 5.66. The van der Waals surface area contributed by atoms with Crippen LogP contribution in [0.25, 0.3) is 6.08 Å². The third-order valence-corrected chi connectivity index (χ3v) is 6.16. The normalized spacial score (nSPS) is 20.8. The van der Waals surface area contributed by atoms with Crippen molar-refractivity contribution in [2.45, 2.75) is 37.6 Å². The molecule has 3 N–H and O–H groups in total. The first kappa shape index (κ1) is 16.7. The van der Waals surface area contributed by atoms with E-state index in [9.17, 15) is 4.79 Å². The summed E-state index contributed by atoms with van der Waals surface area (Å²) in [6.45, 7) is 3.51. The van der Waals surface area contributed by atoms with Gasteiger partial charge in [0.2, 0.25) is 0 Å². The quantitative estimate of drug-likeness (QED) is 0.809. The zero-order chi connectivity index (χ0) is 17.4. The Morgan fingerprint density at radius 2 is 2.12 bits per heavy atom. The number of rotatable bonds is 4. The highest BCUT2D eigenvalue weighted by Gasteiger charge is 2.43. The van der Waals surface area contributed by atoms with E-state index in [0.29, 0.717) is 46.3 Å². The van der Waals surface area contributed by atoms with Gasteiger partial charge in [-0.05, 0) is 63.4 Å². The van der Waals surface area contributed by atoms with Gasteiger partial charge in [0, 0.05) is 17.6 Å². The molecule has 1 aromatic carbocycles. The molecule has 2 saturated heterocycles. The fraction of sp³-hybridized carbons (Fsp3) is 0.526. The zero-order valence-corrected chi connectivity index (χ0v) is 15.1. The molecule has 0 aromatic heterocycles. The topological polar surface area (TPSA) is 67.6 Å². The Bertz CT molecular complexity index is 722. The van der Waals surface area contributed by atoms with Gasteiger partial charge in [0.25, 0.3) is 5.91 Å². The second kappa shape index (κ2) is 6.54. The van der Waals surface area contributed by atoms with Crippen molar-refractivity contribution in [1.82, 2.24) is 10.2 Å². The number of hydrogen-bond donors (Lipinski definition) is 2. The molecular formula is C19H24ClN3O2. The lowest BCUT2D eigenvalue weighted by Crippen LogP contribution is -2.41. The molecule has 5 nitrogen and oxygen atoms in total. The Morgan fingerprint density at radius 1 is 1.36 bits per heavy atom. The largest absolute Gasteiger partial charge is 0.488 e. The summed E-state index contributed by atoms with van der Waals surface area (Å²) in [4.78, 5) is 15.3. The van der Waals surface area contributed by atoms with Crippen LogP contribution in [0.5, 0.6) is 5.75 Å². The van der Waals surface area contributed by atoms with E-state index in [4.69, 9.17) is 22.1 Å². The van der Waals surface area contributed by atoms with Crippen molar-refractivity contribution < 1.29 is 9.53 Å². The molecule has 0 atom stereocenters. The number of nitrogens with zero attached hydrogens (tertiary/aromatic N) is 1. The predicted octanol–water partition coefficient (Wildman–Crippen LogP) is 3.08. The van der Waals surface area contributed by atoms with Crippen molar-refractivity contribution in [3.05, 3.63) is 28.3 Å². The van der Waals surface area contributed by atoms with E-state index in [1.165, 1.54) is 38.8 Å². The number of hydrogen-bond acceptors (Lipinski definition) is 4. The highest BCUT2D eigenvalue weighted by atomic mass is 35.5. The maximum absolute atomic E-state index is 12.7. The van der Waals surface area contributed by atoms with Crippen LogP contribution in [0.15, 0.2) is 12.1 Å². The molecule has 6 heteroatoms. The molecule has 1 amide bonds. The van der Waals surface area contributed by atoms with Gasteiger partial charge in [0.15, 0.2) is 0 Å². The average molecular weight is 362 g/mol. The first-order valence-electron chi connectivity index (χ1n) is 9.05. The maximum atomic E-state index is 12.7. The first-order chi connectivity index (χ1) is 12.1. The molecule has 1 aromatic rings. The van der Waals surface area contributed by atoms with E-state index in [-0.39, 0.29) is 5.91 Å². The Morgan fingerprint density at radius 3 is 2.88 bits per heavy atom. The van der Waals surface area contributed by atoms with Gasteiger partial charge in [-0.2, -0.15) is 0 Å². The fourth-order valence-electron chi connectivity index (χ4n) is 4.59. The lowest BCUT2D eigenvalue weighted by Gasteiger charge is -2.32. The van der Waals surface area contributed by atoms with Gasteiger partial charge in [-0.15, -0.1) is 0 Å². The Balaban J connectivity index is 1.47. The third kappa shape index (κ3) is 2.89. The molecule has 4 rings (SSSR count). The number of nitrogen functional groups attached to an aromatic ring is 1. The van der Waals surface area contributed by atoms with Gasteiger partial charge in [0.05, 0.1) is 16.3 Å². The number of anilines is 1. The van der Waals surface area contributed by atoms with E-state index in [0.717, 1.165) is 6.42 Å². The predicted molar refractivity (Wildman–Crippen MR) is 100 cm³/mol. The van der Waals surface area contributed by atoms with Crippen molar-refractivity contribution in [1.29, 1.82) is 0 Å². The van der Waals surface area contributed by atoms with Crippen LogP contribution < -0.4 is 15.8 Å². The Hall–Kier alpha value is -1.72. The van der Waals surface area contributed by atoms with Gasteiger partial charge in [0.1, 0.15) is 12.4 Å². The van der Waals surface area contributed by atoms with Crippen molar-refractivity contribution in [2.24, 2.45) is 0 Å². The molecule has 0 spiro atoms. The molecule has 0 unspecified atom stereocenters. The highest BCUT2D eigenvalue weighted by molar-refractivity contribution is 6.34. The molecule has 2 fully saturated rings. The van der Waals surface area contributed by atoms with E-state index < -0.39 is 0 Å². The Kier molecular flexibility index (Phi) is 4.38. The van der Waals surface area contributed by atoms with Gasteiger partial charge in [-0.25, -0.2) is 0 Å². The summed E-state index contributed by atoms with van der Waals surface area (Å²) in [7, 11) is 0. The summed E-state index contributed by atoms with van der Waals surface area (Å²) in [5.74, 6) is 0.385. The maximum Gasteiger partial charge on any atom is 0.255 e. The second-order valence-corrected chi connectivity index (χ2v) is 7.61. The molecule has 3 heterocycles. The highest BCUT2D eigenvalue weighted by Crippen LogP contribution is 2.41. The number of benzene rings is 1. The third-order valence-electron chi connectivity index (χ3n) is 5.85. The summed E-state index contributed by atoms with van der Waals surface area (Å²) in [6, 6.07) is 1.61. The van der Waals surface area contributed by atoms with Gasteiger partial charge < -0.3 is 15.8 Å². The summed E-state index contributed by atoms with van der Waals surface area (Å²) in [6.07, 6.45) is 9.78. The van der Waals surface area contributed by atoms with Crippen LogP contribution in [-0.4, -0.2) is 42.6 Å². The molecule has 0 saturated carbocycles. The molecule has 3 aliphatic rings. The lowest BCUT2D eigenvalue weighted by atomic mass is 9.90. The SMILES string of the molecule is Nc1c(Cl)cc(C(=O)NCCC23CCCN2CCC3)c2c1C=CCO2. The minimum Gasteiger partial charge on any atom is -0.488 e. The summed E-state index contributed by atoms with van der Waals surface area (Å²) in [5, 5.41) is 3.45. The minimum atomic E-state index is -0.146. The smallest absolute Gasteiger partial charge is 0.255 e. The fourth-order valence-corrected chi connectivity index (χ4v) is 4.80. The number of fused-ring (bicyclic) bond motifs is 2. The van der Waals surface area contributed by atoms with Crippen LogP contribution in [0.2, 0.25) is 5.02 Å². The monoisotopic (exact) mass is 361 g/mol. The molecule has 3 aliphatic heterocycles. The summed E-state index contributed by atoms with van der Waals surface area (Å²) >= 11 is 6.20. The number of halogens is 1. The van der Waals surface area contributed by atoms with Crippen LogP contribution in [0, 0.1) is 0 Å². The van der Waals surface area contributed by atoms with Gasteiger partial charge in [-0.1, -0.05) is 11.6 Å². The van der Waals surface area contributed by atoms with Gasteiger partial charge >= 0.3 is 0 Å². The number of ether oxygens (including phenoxy) is 1. The average Bonchev–Trinajstić information content (AvgIpc) is 3.18. The number of carbonyl (C=O) groups excluding carboxylic acids is 1. The molecule has 134 valence electrons. The molecule has 25 heavy (non-hydrogen) atoms.